The lowest BCUT2D eigenvalue weighted by Gasteiger charge is -2.09. The van der Waals surface area contributed by atoms with Gasteiger partial charge in [0.15, 0.2) is 0 Å². The molecule has 0 spiro atoms. The van der Waals surface area contributed by atoms with Crippen molar-refractivity contribution < 1.29 is 12.8 Å². The predicted octanol–water partition coefficient (Wildman–Crippen LogP) is 2.04. The molecule has 2 aromatic rings. The second kappa shape index (κ2) is 5.86. The summed E-state index contributed by atoms with van der Waals surface area (Å²) in [5.74, 6) is -0.619. The zero-order chi connectivity index (χ0) is 14.8. The molecule has 1 aromatic heterocycles. The zero-order valence-electron chi connectivity index (χ0n) is 10.2. The Balaban J connectivity index is 2.25. The molecule has 20 heavy (non-hydrogen) atoms. The Hall–Kier alpha value is -1.51. The van der Waals surface area contributed by atoms with Crippen LogP contribution in [-0.2, 0) is 16.6 Å². The second-order valence-corrected chi connectivity index (χ2v) is 6.54. The highest BCUT2D eigenvalue weighted by atomic mass is 79.9. The Bertz CT molecular complexity index is 723. The molecular weight excluding hydrogens is 349 g/mol. The van der Waals surface area contributed by atoms with Gasteiger partial charge in [0, 0.05) is 6.20 Å². The standard InChI is InChI=1S/C12H11BrFN3O2S/c13-9-5-12(11(15)6-10(9)14)20(18,19)17-7-8-3-1-2-4-16-8/h1-6,17H,7,15H2. The number of nitrogens with one attached hydrogen (secondary N) is 1. The van der Waals surface area contributed by atoms with Gasteiger partial charge in [-0.3, -0.25) is 4.98 Å². The minimum atomic E-state index is -3.84. The summed E-state index contributed by atoms with van der Waals surface area (Å²) in [5, 5.41) is 0. The summed E-state index contributed by atoms with van der Waals surface area (Å²) in [4.78, 5) is 3.82. The maximum absolute atomic E-state index is 13.2. The number of nitrogen functional groups attached to an aromatic ring is 1. The van der Waals surface area contributed by atoms with Crippen molar-refractivity contribution >= 4 is 31.6 Å². The Kier molecular flexibility index (Phi) is 4.36. The molecule has 0 atom stereocenters. The summed E-state index contributed by atoms with van der Waals surface area (Å²) in [7, 11) is -3.84. The largest absolute Gasteiger partial charge is 0.398 e. The van der Waals surface area contributed by atoms with E-state index >= 15 is 0 Å². The van der Waals surface area contributed by atoms with Crippen LogP contribution < -0.4 is 10.5 Å². The minimum absolute atomic E-state index is 0.0254. The molecule has 0 aliphatic rings. The van der Waals surface area contributed by atoms with E-state index in [1.165, 1.54) is 0 Å². The molecule has 8 heteroatoms. The lowest BCUT2D eigenvalue weighted by molar-refractivity contribution is 0.579. The monoisotopic (exact) mass is 359 g/mol. The molecule has 0 aliphatic heterocycles. The van der Waals surface area contributed by atoms with Gasteiger partial charge in [-0.2, -0.15) is 0 Å². The summed E-state index contributed by atoms with van der Waals surface area (Å²) in [6.07, 6.45) is 1.56. The van der Waals surface area contributed by atoms with Crippen molar-refractivity contribution in [2.75, 3.05) is 5.73 Å². The van der Waals surface area contributed by atoms with Gasteiger partial charge in [-0.25, -0.2) is 17.5 Å². The Labute approximate surface area is 124 Å². The van der Waals surface area contributed by atoms with Gasteiger partial charge in [-0.1, -0.05) is 6.07 Å². The number of nitrogens with two attached hydrogens (primary N) is 1. The molecule has 5 nitrogen and oxygen atoms in total. The highest BCUT2D eigenvalue weighted by Crippen LogP contribution is 2.26. The van der Waals surface area contributed by atoms with Gasteiger partial charge < -0.3 is 5.73 Å². The number of benzene rings is 1. The van der Waals surface area contributed by atoms with E-state index in [1.54, 1.807) is 24.4 Å². The normalized spacial score (nSPS) is 11.5. The van der Waals surface area contributed by atoms with Crippen LogP contribution in [0.25, 0.3) is 0 Å². The van der Waals surface area contributed by atoms with E-state index in [1.807, 2.05) is 0 Å². The summed E-state index contributed by atoms with van der Waals surface area (Å²) < 4.78 is 39.9. The number of aromatic nitrogens is 1. The van der Waals surface area contributed by atoms with Gasteiger partial charge >= 0.3 is 0 Å². The summed E-state index contributed by atoms with van der Waals surface area (Å²) in [5.41, 5.74) is 5.96. The highest BCUT2D eigenvalue weighted by Gasteiger charge is 2.19. The van der Waals surface area contributed by atoms with E-state index in [2.05, 4.69) is 25.6 Å². The lowest BCUT2D eigenvalue weighted by atomic mass is 10.3. The van der Waals surface area contributed by atoms with Crippen molar-refractivity contribution in [1.29, 1.82) is 0 Å². The number of sulfonamides is 1. The fourth-order valence-corrected chi connectivity index (χ4v) is 3.16. The van der Waals surface area contributed by atoms with Crippen molar-refractivity contribution in [2.45, 2.75) is 11.4 Å². The first-order chi connectivity index (χ1) is 9.40. The number of nitrogens with zero attached hydrogens (tertiary/aromatic N) is 1. The maximum atomic E-state index is 13.2. The van der Waals surface area contributed by atoms with Gasteiger partial charge in [0.25, 0.3) is 0 Å². The Morgan fingerprint density at radius 3 is 2.75 bits per heavy atom. The molecule has 0 saturated heterocycles. The molecule has 0 saturated carbocycles. The summed E-state index contributed by atoms with van der Waals surface area (Å²) >= 11 is 2.93. The number of anilines is 1. The fraction of sp³-hybridized carbons (Fsp3) is 0.0833. The molecule has 0 fully saturated rings. The summed E-state index contributed by atoms with van der Waals surface area (Å²) in [6, 6.07) is 7.25. The molecule has 106 valence electrons. The predicted molar refractivity (Wildman–Crippen MR) is 76.8 cm³/mol. The first-order valence-corrected chi connectivity index (χ1v) is 7.82. The first kappa shape index (κ1) is 14.9. The molecule has 2 rings (SSSR count). The average molecular weight is 360 g/mol. The van der Waals surface area contributed by atoms with E-state index in [0.29, 0.717) is 5.69 Å². The first-order valence-electron chi connectivity index (χ1n) is 5.54. The topological polar surface area (TPSA) is 85.1 Å². The summed E-state index contributed by atoms with van der Waals surface area (Å²) in [6.45, 7) is 0.0254. The van der Waals surface area contributed by atoms with E-state index in [4.69, 9.17) is 5.73 Å². The van der Waals surface area contributed by atoms with Crippen LogP contribution in [0.4, 0.5) is 10.1 Å². The third-order valence-corrected chi connectivity index (χ3v) is 4.58. The molecule has 0 unspecified atom stereocenters. The molecule has 0 bridgehead atoms. The van der Waals surface area contributed by atoms with E-state index in [-0.39, 0.29) is 21.6 Å². The van der Waals surface area contributed by atoms with Gasteiger partial charge in [-0.15, -0.1) is 0 Å². The number of halogens is 2. The number of hydrogen-bond donors (Lipinski definition) is 2. The highest BCUT2D eigenvalue weighted by molar-refractivity contribution is 9.10. The average Bonchev–Trinajstić information content (AvgIpc) is 2.42. The SMILES string of the molecule is Nc1cc(F)c(Br)cc1S(=O)(=O)NCc1ccccn1. The van der Waals surface area contributed by atoms with Gasteiger partial charge in [0.1, 0.15) is 10.7 Å². The third-order valence-electron chi connectivity index (χ3n) is 2.51. The van der Waals surface area contributed by atoms with Gasteiger partial charge in [-0.05, 0) is 40.2 Å². The Morgan fingerprint density at radius 1 is 1.35 bits per heavy atom. The van der Waals surface area contributed by atoms with Crippen LogP contribution in [0, 0.1) is 5.82 Å². The van der Waals surface area contributed by atoms with Crippen molar-refractivity contribution in [3.05, 3.63) is 52.5 Å². The second-order valence-electron chi connectivity index (χ2n) is 3.95. The molecule has 0 radical (unpaired) electrons. The quantitative estimate of drug-likeness (QED) is 0.818. The molecular formula is C12H11BrFN3O2S. The number of hydrogen-bond acceptors (Lipinski definition) is 4. The number of rotatable bonds is 4. The fourth-order valence-electron chi connectivity index (χ4n) is 1.53. The molecule has 1 heterocycles. The van der Waals surface area contributed by atoms with Crippen LogP contribution in [0.2, 0.25) is 0 Å². The smallest absolute Gasteiger partial charge is 0.243 e. The van der Waals surface area contributed by atoms with Crippen LogP contribution in [0.3, 0.4) is 0 Å². The Morgan fingerprint density at radius 2 is 2.10 bits per heavy atom. The lowest BCUT2D eigenvalue weighted by Crippen LogP contribution is -2.24. The zero-order valence-corrected chi connectivity index (χ0v) is 12.6. The molecule has 1 aromatic carbocycles. The van der Waals surface area contributed by atoms with Crippen LogP contribution in [0.15, 0.2) is 45.9 Å². The van der Waals surface area contributed by atoms with Crippen LogP contribution >= 0.6 is 15.9 Å². The van der Waals surface area contributed by atoms with Crippen LogP contribution in [0.1, 0.15) is 5.69 Å². The van der Waals surface area contributed by atoms with E-state index < -0.39 is 15.8 Å². The van der Waals surface area contributed by atoms with Crippen LogP contribution in [0.5, 0.6) is 0 Å². The van der Waals surface area contributed by atoms with E-state index in [9.17, 15) is 12.8 Å². The molecule has 3 N–H and O–H groups in total. The molecule has 0 amide bonds. The van der Waals surface area contributed by atoms with Crippen molar-refractivity contribution in [2.24, 2.45) is 0 Å². The maximum Gasteiger partial charge on any atom is 0.243 e. The minimum Gasteiger partial charge on any atom is -0.398 e. The number of pyridine rings is 1. The van der Waals surface area contributed by atoms with Crippen molar-refractivity contribution in [3.63, 3.8) is 0 Å². The van der Waals surface area contributed by atoms with Gasteiger partial charge in [0.2, 0.25) is 10.0 Å². The molecule has 0 aliphatic carbocycles. The van der Waals surface area contributed by atoms with E-state index in [0.717, 1.165) is 12.1 Å². The van der Waals surface area contributed by atoms with Crippen molar-refractivity contribution in [3.8, 4) is 0 Å². The van der Waals surface area contributed by atoms with Crippen LogP contribution in [-0.4, -0.2) is 13.4 Å². The van der Waals surface area contributed by atoms with Gasteiger partial charge in [0.05, 0.1) is 22.4 Å². The van der Waals surface area contributed by atoms with Crippen molar-refractivity contribution in [1.82, 2.24) is 9.71 Å². The third kappa shape index (κ3) is 3.33.